The van der Waals surface area contributed by atoms with Gasteiger partial charge in [0.2, 0.25) is 0 Å². The van der Waals surface area contributed by atoms with E-state index in [9.17, 15) is 4.79 Å². The van der Waals surface area contributed by atoms with Gasteiger partial charge < -0.3 is 9.47 Å². The van der Waals surface area contributed by atoms with Gasteiger partial charge in [-0.3, -0.25) is 0 Å². The van der Waals surface area contributed by atoms with Crippen LogP contribution in [0.3, 0.4) is 0 Å². The third kappa shape index (κ3) is 5.44. The van der Waals surface area contributed by atoms with E-state index >= 15 is 0 Å². The molecule has 21 heavy (non-hydrogen) atoms. The largest absolute Gasteiger partial charge is 0.465 e. The Hall–Kier alpha value is -0.870. The molecular formula is C17H30O3S. The molecule has 0 unspecified atom stereocenters. The highest BCUT2D eigenvalue weighted by molar-refractivity contribution is 7.14. The normalized spacial score (nSPS) is 11.7. The number of ether oxygens (including phenoxy) is 2. The zero-order valence-electron chi connectivity index (χ0n) is 14.9. The summed E-state index contributed by atoms with van der Waals surface area (Å²) in [5.74, 6) is -0.244. The van der Waals surface area contributed by atoms with Gasteiger partial charge in [-0.25, -0.2) is 4.79 Å². The first kappa shape index (κ1) is 20.1. The van der Waals surface area contributed by atoms with Crippen LogP contribution < -0.4 is 0 Å². The Morgan fingerprint density at radius 1 is 1.19 bits per heavy atom. The van der Waals surface area contributed by atoms with Gasteiger partial charge in [-0.05, 0) is 51.2 Å². The summed E-state index contributed by atoms with van der Waals surface area (Å²) < 4.78 is 9.97. The van der Waals surface area contributed by atoms with Crippen molar-refractivity contribution in [2.45, 2.75) is 60.5 Å². The first-order chi connectivity index (χ1) is 9.52. The first-order valence-electron chi connectivity index (χ1n) is 7.23. The molecule has 4 heteroatoms. The van der Waals surface area contributed by atoms with E-state index in [1.54, 1.807) is 7.11 Å². The van der Waals surface area contributed by atoms with Crippen LogP contribution >= 0.6 is 11.3 Å². The molecule has 0 fully saturated rings. The standard InChI is InChI=1S/C9H20O.C8H10O2S/c1-7-8(2,3)9(4,5)10-6;1-5-4-7(8(9)10-3)11-6(5)2/h7H2,1-6H3;4H,1-3H3. The number of thiophene rings is 1. The zero-order chi connectivity index (χ0) is 16.8. The molecular weight excluding hydrogens is 284 g/mol. The van der Waals surface area contributed by atoms with Gasteiger partial charge in [0.1, 0.15) is 4.88 Å². The molecule has 0 spiro atoms. The first-order valence-corrected chi connectivity index (χ1v) is 8.04. The molecule has 0 bridgehead atoms. The Balaban J connectivity index is 0.000000384. The number of esters is 1. The molecule has 0 aliphatic carbocycles. The van der Waals surface area contributed by atoms with E-state index in [-0.39, 0.29) is 17.0 Å². The van der Waals surface area contributed by atoms with Crippen LogP contribution in [0.1, 0.15) is 61.2 Å². The van der Waals surface area contributed by atoms with Gasteiger partial charge in [-0.1, -0.05) is 20.8 Å². The third-order valence-corrected chi connectivity index (χ3v) is 5.71. The number of aryl methyl sites for hydroxylation is 2. The second-order valence-corrected chi connectivity index (χ2v) is 7.55. The van der Waals surface area contributed by atoms with Crippen LogP contribution in [0.4, 0.5) is 0 Å². The van der Waals surface area contributed by atoms with Crippen LogP contribution in [0.2, 0.25) is 0 Å². The van der Waals surface area contributed by atoms with Crippen LogP contribution in [0, 0.1) is 19.3 Å². The topological polar surface area (TPSA) is 35.5 Å². The van der Waals surface area contributed by atoms with Gasteiger partial charge >= 0.3 is 5.97 Å². The molecule has 0 radical (unpaired) electrons. The van der Waals surface area contributed by atoms with Crippen LogP contribution in [0.25, 0.3) is 0 Å². The Morgan fingerprint density at radius 2 is 1.71 bits per heavy atom. The minimum absolute atomic E-state index is 0.0122. The van der Waals surface area contributed by atoms with E-state index in [1.165, 1.54) is 23.3 Å². The van der Waals surface area contributed by atoms with Crippen molar-refractivity contribution in [2.24, 2.45) is 5.41 Å². The second kappa shape index (κ2) is 7.95. The number of carbonyl (C=O) groups is 1. The van der Waals surface area contributed by atoms with Crippen molar-refractivity contribution in [2.75, 3.05) is 14.2 Å². The van der Waals surface area contributed by atoms with Crippen LogP contribution in [-0.4, -0.2) is 25.8 Å². The Morgan fingerprint density at radius 3 is 1.95 bits per heavy atom. The Labute approximate surface area is 133 Å². The fourth-order valence-electron chi connectivity index (χ4n) is 1.48. The molecule has 0 aliphatic rings. The fraction of sp³-hybridized carbons (Fsp3) is 0.706. The molecule has 0 aromatic carbocycles. The van der Waals surface area contributed by atoms with E-state index in [1.807, 2.05) is 19.9 Å². The van der Waals surface area contributed by atoms with Crippen molar-refractivity contribution >= 4 is 17.3 Å². The zero-order valence-corrected chi connectivity index (χ0v) is 15.7. The minimum atomic E-state index is -0.244. The maximum Gasteiger partial charge on any atom is 0.348 e. The van der Waals surface area contributed by atoms with Gasteiger partial charge in [-0.2, -0.15) is 0 Å². The molecule has 0 N–H and O–H groups in total. The van der Waals surface area contributed by atoms with Crippen molar-refractivity contribution < 1.29 is 14.3 Å². The summed E-state index contributed by atoms with van der Waals surface area (Å²) in [6, 6.07) is 1.85. The van der Waals surface area contributed by atoms with Crippen molar-refractivity contribution in [3.8, 4) is 0 Å². The summed E-state index contributed by atoms with van der Waals surface area (Å²) in [5, 5.41) is 0. The molecule has 1 aromatic rings. The van der Waals surface area contributed by atoms with Crippen LogP contribution in [0.5, 0.6) is 0 Å². The number of hydrogen-bond acceptors (Lipinski definition) is 4. The fourth-order valence-corrected chi connectivity index (χ4v) is 2.43. The molecule has 0 saturated heterocycles. The van der Waals surface area contributed by atoms with Gasteiger partial charge in [0.15, 0.2) is 0 Å². The lowest BCUT2D eigenvalue weighted by Crippen LogP contribution is -2.40. The Kier molecular flexibility index (Phi) is 7.62. The Bertz CT molecular complexity index is 425. The summed E-state index contributed by atoms with van der Waals surface area (Å²) in [6.07, 6.45) is 1.15. The summed E-state index contributed by atoms with van der Waals surface area (Å²) in [4.78, 5) is 12.8. The molecule has 122 valence electrons. The SMILES string of the molecule is CCC(C)(C)C(C)(C)OC.COC(=O)c1cc(C)c(C)s1. The maximum absolute atomic E-state index is 11.0. The number of hydrogen-bond donors (Lipinski definition) is 0. The highest BCUT2D eigenvalue weighted by atomic mass is 32.1. The minimum Gasteiger partial charge on any atom is -0.465 e. The van der Waals surface area contributed by atoms with Crippen molar-refractivity contribution in [3.05, 3.63) is 21.4 Å². The average Bonchev–Trinajstić information content (AvgIpc) is 2.78. The van der Waals surface area contributed by atoms with Crippen molar-refractivity contribution in [1.82, 2.24) is 0 Å². The molecule has 0 saturated carbocycles. The predicted octanol–water partition coefficient (Wildman–Crippen LogP) is 5.00. The summed E-state index contributed by atoms with van der Waals surface area (Å²) in [7, 11) is 3.17. The van der Waals surface area contributed by atoms with E-state index in [2.05, 4.69) is 39.4 Å². The monoisotopic (exact) mass is 314 g/mol. The van der Waals surface area contributed by atoms with Gasteiger partial charge in [0.05, 0.1) is 12.7 Å². The van der Waals surface area contributed by atoms with E-state index in [0.717, 1.165) is 12.0 Å². The van der Waals surface area contributed by atoms with E-state index in [4.69, 9.17) is 4.74 Å². The smallest absolute Gasteiger partial charge is 0.348 e. The number of carbonyl (C=O) groups excluding carboxylic acids is 1. The number of rotatable bonds is 4. The number of methoxy groups -OCH3 is 2. The molecule has 1 rings (SSSR count). The molecule has 0 atom stereocenters. The lowest BCUT2D eigenvalue weighted by molar-refractivity contribution is -0.0723. The summed E-state index contributed by atoms with van der Waals surface area (Å²) in [6.45, 7) is 14.9. The predicted molar refractivity (Wildman–Crippen MR) is 90.3 cm³/mol. The lowest BCUT2D eigenvalue weighted by atomic mass is 9.75. The molecule has 0 aliphatic heterocycles. The molecule has 0 amide bonds. The van der Waals surface area contributed by atoms with Gasteiger partial charge in [0, 0.05) is 12.0 Å². The van der Waals surface area contributed by atoms with Crippen LogP contribution in [0.15, 0.2) is 6.07 Å². The molecule has 1 aromatic heterocycles. The quantitative estimate of drug-likeness (QED) is 0.734. The van der Waals surface area contributed by atoms with Gasteiger partial charge in [0.25, 0.3) is 0 Å². The average molecular weight is 314 g/mol. The molecule has 3 nitrogen and oxygen atoms in total. The van der Waals surface area contributed by atoms with Gasteiger partial charge in [-0.15, -0.1) is 11.3 Å². The van der Waals surface area contributed by atoms with E-state index in [0.29, 0.717) is 4.88 Å². The highest BCUT2D eigenvalue weighted by Crippen LogP contribution is 2.35. The summed E-state index contributed by atoms with van der Waals surface area (Å²) in [5.41, 5.74) is 1.40. The maximum atomic E-state index is 11.0. The van der Waals surface area contributed by atoms with E-state index < -0.39 is 0 Å². The second-order valence-electron chi connectivity index (χ2n) is 6.29. The molecule has 1 heterocycles. The lowest BCUT2D eigenvalue weighted by Gasteiger charge is -2.39. The van der Waals surface area contributed by atoms with Crippen LogP contribution in [-0.2, 0) is 9.47 Å². The summed E-state index contributed by atoms with van der Waals surface area (Å²) >= 11 is 1.47. The third-order valence-electron chi connectivity index (χ3n) is 4.58. The van der Waals surface area contributed by atoms with Crippen molar-refractivity contribution in [3.63, 3.8) is 0 Å². The van der Waals surface area contributed by atoms with Crippen molar-refractivity contribution in [1.29, 1.82) is 0 Å². The highest BCUT2D eigenvalue weighted by Gasteiger charge is 2.35.